The van der Waals surface area contributed by atoms with E-state index in [9.17, 15) is 9.59 Å². The van der Waals surface area contributed by atoms with Gasteiger partial charge in [0.05, 0.1) is 12.8 Å². The van der Waals surface area contributed by atoms with Crippen molar-refractivity contribution in [2.75, 3.05) is 12.4 Å². The van der Waals surface area contributed by atoms with Gasteiger partial charge >= 0.3 is 0 Å². The highest BCUT2D eigenvalue weighted by atomic mass is 16.5. The minimum absolute atomic E-state index is 0.0585. The summed E-state index contributed by atoms with van der Waals surface area (Å²) in [5.74, 6) is 0.300. The van der Waals surface area contributed by atoms with Crippen LogP contribution in [0.1, 0.15) is 5.56 Å². The van der Waals surface area contributed by atoms with Crippen molar-refractivity contribution < 1.29 is 9.53 Å². The molecule has 0 aliphatic rings. The lowest BCUT2D eigenvalue weighted by Gasteiger charge is -2.12. The molecule has 124 valence electrons. The van der Waals surface area contributed by atoms with Gasteiger partial charge in [0.2, 0.25) is 5.91 Å². The van der Waals surface area contributed by atoms with E-state index in [-0.39, 0.29) is 18.0 Å². The first-order valence-electron chi connectivity index (χ1n) is 7.58. The molecule has 0 radical (unpaired) electrons. The van der Waals surface area contributed by atoms with Gasteiger partial charge in [-0.2, -0.15) is 0 Å². The van der Waals surface area contributed by atoms with Gasteiger partial charge in [0.1, 0.15) is 17.8 Å². The minimum Gasteiger partial charge on any atom is -0.495 e. The molecule has 0 spiro atoms. The van der Waals surface area contributed by atoms with Crippen molar-refractivity contribution in [3.63, 3.8) is 0 Å². The van der Waals surface area contributed by atoms with E-state index >= 15 is 0 Å². The summed E-state index contributed by atoms with van der Waals surface area (Å²) < 4.78 is 8.41. The maximum Gasteiger partial charge on any atom is 0.275 e. The Morgan fingerprint density at radius 2 is 1.96 bits per heavy atom. The minimum atomic E-state index is -0.283. The molecule has 2 heterocycles. The molecule has 6 heteroatoms. The van der Waals surface area contributed by atoms with Gasteiger partial charge in [-0.05, 0) is 36.8 Å². The highest BCUT2D eigenvalue weighted by Gasteiger charge is 2.11. The van der Waals surface area contributed by atoms with Crippen LogP contribution >= 0.6 is 0 Å². The molecule has 0 fully saturated rings. The molecule has 0 atom stereocenters. The van der Waals surface area contributed by atoms with Crippen LogP contribution in [0.15, 0.2) is 47.5 Å². The molecule has 0 aliphatic carbocycles. The van der Waals surface area contributed by atoms with Gasteiger partial charge in [-0.1, -0.05) is 6.07 Å². The van der Waals surface area contributed by atoms with Crippen LogP contribution in [0.2, 0.25) is 0 Å². The molecule has 3 aromatic rings. The molecule has 6 nitrogen and oxygen atoms in total. The van der Waals surface area contributed by atoms with Crippen molar-refractivity contribution in [1.29, 1.82) is 0 Å². The zero-order valence-electron chi connectivity index (χ0n) is 13.9. The summed E-state index contributed by atoms with van der Waals surface area (Å²) in [5.41, 5.74) is 1.99. The van der Waals surface area contributed by atoms with Gasteiger partial charge in [0.15, 0.2) is 0 Å². The van der Waals surface area contributed by atoms with Crippen LogP contribution in [0.5, 0.6) is 5.75 Å². The topological polar surface area (TPSA) is 65.3 Å². The number of hydrogen-bond donors (Lipinski definition) is 1. The van der Waals surface area contributed by atoms with Crippen molar-refractivity contribution in [2.45, 2.75) is 13.5 Å². The number of amides is 1. The first kappa shape index (κ1) is 15.9. The molecular formula is C18H19N3O3. The van der Waals surface area contributed by atoms with Crippen LogP contribution in [-0.2, 0) is 18.4 Å². The summed E-state index contributed by atoms with van der Waals surface area (Å²) in [7, 11) is 3.36. The zero-order chi connectivity index (χ0) is 17.3. The fourth-order valence-corrected chi connectivity index (χ4v) is 2.72. The van der Waals surface area contributed by atoms with Gasteiger partial charge in [0.25, 0.3) is 5.56 Å². The predicted molar refractivity (Wildman–Crippen MR) is 93.5 cm³/mol. The number of rotatable bonds is 4. The number of ether oxygens (including phenoxy) is 1. The molecule has 3 rings (SSSR count). The van der Waals surface area contributed by atoms with Gasteiger partial charge in [0, 0.05) is 24.8 Å². The van der Waals surface area contributed by atoms with Crippen LogP contribution in [0, 0.1) is 6.92 Å². The summed E-state index contributed by atoms with van der Waals surface area (Å²) in [6, 6.07) is 9.24. The van der Waals surface area contributed by atoms with E-state index in [1.165, 1.54) is 4.57 Å². The van der Waals surface area contributed by atoms with Crippen LogP contribution in [0.25, 0.3) is 10.9 Å². The molecule has 1 amide bonds. The third kappa shape index (κ3) is 2.90. The number of hydrogen-bond acceptors (Lipinski definition) is 3. The second-order valence-corrected chi connectivity index (χ2v) is 5.73. The number of methoxy groups -OCH3 is 1. The van der Waals surface area contributed by atoms with Gasteiger partial charge < -0.3 is 19.2 Å². The van der Waals surface area contributed by atoms with E-state index in [0.29, 0.717) is 17.0 Å². The van der Waals surface area contributed by atoms with Crippen molar-refractivity contribution in [3.8, 4) is 5.75 Å². The zero-order valence-corrected chi connectivity index (χ0v) is 13.9. The number of aryl methyl sites for hydroxylation is 2. The van der Waals surface area contributed by atoms with E-state index in [1.54, 1.807) is 23.9 Å². The van der Waals surface area contributed by atoms with Crippen molar-refractivity contribution >= 4 is 22.5 Å². The largest absolute Gasteiger partial charge is 0.495 e. The van der Waals surface area contributed by atoms with Gasteiger partial charge in [-0.15, -0.1) is 0 Å². The lowest BCUT2D eigenvalue weighted by atomic mass is 10.2. The van der Waals surface area contributed by atoms with Crippen LogP contribution in [0.4, 0.5) is 5.69 Å². The molecule has 0 saturated heterocycles. The third-order valence-electron chi connectivity index (χ3n) is 3.94. The normalized spacial score (nSPS) is 10.8. The van der Waals surface area contributed by atoms with E-state index in [1.807, 2.05) is 44.4 Å². The fraction of sp³-hybridized carbons (Fsp3) is 0.222. The second kappa shape index (κ2) is 6.23. The van der Waals surface area contributed by atoms with E-state index in [0.717, 1.165) is 10.9 Å². The number of carbonyl (C=O) groups is 1. The Hall–Kier alpha value is -3.02. The third-order valence-corrected chi connectivity index (χ3v) is 3.94. The fourth-order valence-electron chi connectivity index (χ4n) is 2.72. The van der Waals surface area contributed by atoms with Crippen LogP contribution < -0.4 is 15.6 Å². The first-order valence-corrected chi connectivity index (χ1v) is 7.58. The maximum absolute atomic E-state index is 12.5. The summed E-state index contributed by atoms with van der Waals surface area (Å²) >= 11 is 0. The van der Waals surface area contributed by atoms with Crippen molar-refractivity contribution in [2.24, 2.45) is 7.05 Å². The number of pyridine rings is 1. The number of carbonyl (C=O) groups excluding carboxylic acids is 1. The quantitative estimate of drug-likeness (QED) is 0.800. The molecule has 1 aromatic carbocycles. The summed E-state index contributed by atoms with van der Waals surface area (Å²) in [5, 5.41) is 3.66. The molecule has 1 N–H and O–H groups in total. The predicted octanol–water partition coefficient (Wildman–Crippen LogP) is 2.30. The molecule has 0 aliphatic heterocycles. The second-order valence-electron chi connectivity index (χ2n) is 5.73. The van der Waals surface area contributed by atoms with E-state index in [4.69, 9.17) is 4.74 Å². The molecule has 24 heavy (non-hydrogen) atoms. The number of fused-ring (bicyclic) bond motifs is 1. The number of nitrogens with one attached hydrogen (secondary N) is 1. The molecule has 0 bridgehead atoms. The Bertz CT molecular complexity index is 969. The van der Waals surface area contributed by atoms with Crippen LogP contribution in [0.3, 0.4) is 0 Å². The highest BCUT2D eigenvalue weighted by Crippen LogP contribution is 2.25. The molecule has 0 saturated carbocycles. The Labute approximate surface area is 139 Å². The standard InChI is InChI=1S/C18H19N3O3/c1-12-4-5-15(24-3)14(10-12)19-16(22)11-21-9-7-13-6-8-20(2)17(13)18(21)23/h4-10H,11H2,1-3H3,(H,19,22). The van der Waals surface area contributed by atoms with E-state index in [2.05, 4.69) is 5.32 Å². The van der Waals surface area contributed by atoms with E-state index < -0.39 is 0 Å². The number of nitrogens with zero attached hydrogens (tertiary/aromatic N) is 2. The summed E-state index contributed by atoms with van der Waals surface area (Å²) in [4.78, 5) is 24.9. The highest BCUT2D eigenvalue weighted by molar-refractivity contribution is 5.92. The monoisotopic (exact) mass is 325 g/mol. The Kier molecular flexibility index (Phi) is 4.12. The van der Waals surface area contributed by atoms with Crippen molar-refractivity contribution in [1.82, 2.24) is 9.13 Å². The Morgan fingerprint density at radius 1 is 1.21 bits per heavy atom. The average Bonchev–Trinajstić information content (AvgIpc) is 2.92. The lowest BCUT2D eigenvalue weighted by Crippen LogP contribution is -2.28. The number of aromatic nitrogens is 2. The summed E-state index contributed by atoms with van der Waals surface area (Å²) in [6.07, 6.45) is 3.46. The SMILES string of the molecule is COc1ccc(C)cc1NC(=O)Cn1ccc2ccn(C)c2c1=O. The van der Waals surface area contributed by atoms with Crippen LogP contribution in [-0.4, -0.2) is 22.2 Å². The molecule has 2 aromatic heterocycles. The number of anilines is 1. The Balaban J connectivity index is 1.86. The smallest absolute Gasteiger partial charge is 0.275 e. The molecule has 0 unspecified atom stereocenters. The number of benzene rings is 1. The average molecular weight is 325 g/mol. The first-order chi connectivity index (χ1) is 11.5. The lowest BCUT2D eigenvalue weighted by molar-refractivity contribution is -0.116. The maximum atomic E-state index is 12.5. The van der Waals surface area contributed by atoms with Crippen molar-refractivity contribution in [3.05, 3.63) is 58.6 Å². The van der Waals surface area contributed by atoms with Gasteiger partial charge in [-0.25, -0.2) is 0 Å². The Morgan fingerprint density at radius 3 is 2.71 bits per heavy atom. The van der Waals surface area contributed by atoms with Gasteiger partial charge in [-0.3, -0.25) is 9.59 Å². The molecular weight excluding hydrogens is 306 g/mol. The summed E-state index contributed by atoms with van der Waals surface area (Å²) in [6.45, 7) is 1.87.